The Hall–Kier alpha value is -1.34. The van der Waals surface area contributed by atoms with Gasteiger partial charge in [-0.05, 0) is 40.2 Å². The molecule has 0 unspecified atom stereocenters. The topological polar surface area (TPSA) is 88.1 Å². The molecule has 7 heteroatoms. The molecule has 0 saturated heterocycles. The van der Waals surface area contributed by atoms with Crippen LogP contribution in [-0.2, 0) is 14.3 Å². The molecule has 148 valence electrons. The second-order valence-electron chi connectivity index (χ2n) is 7.16. The van der Waals surface area contributed by atoms with Crippen LogP contribution in [0.4, 0.5) is 4.79 Å². The summed E-state index contributed by atoms with van der Waals surface area (Å²) in [5.74, 6) is -0.857. The van der Waals surface area contributed by atoms with Gasteiger partial charge in [0.1, 0.15) is 11.6 Å². The van der Waals surface area contributed by atoms with Crippen molar-refractivity contribution in [3.8, 4) is 0 Å². The van der Waals surface area contributed by atoms with Gasteiger partial charge in [0.15, 0.2) is 0 Å². The molecule has 0 aromatic heterocycles. The van der Waals surface area contributed by atoms with E-state index in [1.807, 2.05) is 4.90 Å². The third-order valence-corrected chi connectivity index (χ3v) is 3.69. The number of methoxy groups -OCH3 is 1. The van der Waals surface area contributed by atoms with Crippen LogP contribution in [0.5, 0.6) is 0 Å². The van der Waals surface area contributed by atoms with Crippen LogP contribution >= 0.6 is 0 Å². The Balaban J connectivity index is 4.59. The molecule has 0 rings (SSSR count). The first kappa shape index (κ1) is 23.7. The zero-order chi connectivity index (χ0) is 19.3. The van der Waals surface area contributed by atoms with Crippen LogP contribution in [0, 0.1) is 0 Å². The minimum Gasteiger partial charge on any atom is -0.480 e. The highest BCUT2D eigenvalue weighted by Crippen LogP contribution is 2.10. The summed E-state index contributed by atoms with van der Waals surface area (Å²) in [6.45, 7) is 9.44. The standard InChI is InChI=1S/C18H36N2O5/c1-6-7-8-9-12-20(15(16(21)22)10-14-24-5)13-11-19-17(23)25-18(2,3)4/h15H,6-14H2,1-5H3,(H,19,23)(H,21,22)/t15-/m0/s1. The fourth-order valence-corrected chi connectivity index (χ4v) is 2.47. The van der Waals surface area contributed by atoms with E-state index >= 15 is 0 Å². The first-order valence-electron chi connectivity index (χ1n) is 9.14. The van der Waals surface area contributed by atoms with Crippen LogP contribution in [0.1, 0.15) is 59.8 Å². The van der Waals surface area contributed by atoms with E-state index in [-0.39, 0.29) is 0 Å². The van der Waals surface area contributed by atoms with Gasteiger partial charge in [0.05, 0.1) is 0 Å². The molecule has 1 atom stereocenters. The van der Waals surface area contributed by atoms with Crippen LogP contribution in [0.2, 0.25) is 0 Å². The van der Waals surface area contributed by atoms with E-state index in [0.717, 1.165) is 25.7 Å². The third-order valence-electron chi connectivity index (χ3n) is 3.69. The summed E-state index contributed by atoms with van der Waals surface area (Å²) < 4.78 is 10.2. The van der Waals surface area contributed by atoms with Crippen molar-refractivity contribution < 1.29 is 24.2 Å². The second kappa shape index (κ2) is 12.9. The van der Waals surface area contributed by atoms with Crippen molar-refractivity contribution in [3.05, 3.63) is 0 Å². The molecule has 0 spiro atoms. The number of unbranched alkanes of at least 4 members (excludes halogenated alkanes) is 3. The van der Waals surface area contributed by atoms with Crippen molar-refractivity contribution in [1.82, 2.24) is 10.2 Å². The summed E-state index contributed by atoms with van der Waals surface area (Å²) in [4.78, 5) is 25.2. The quantitative estimate of drug-likeness (QED) is 0.491. The molecule has 0 bridgehead atoms. The van der Waals surface area contributed by atoms with Gasteiger partial charge in [-0.25, -0.2) is 4.79 Å². The molecular formula is C18H36N2O5. The molecule has 0 aliphatic rings. The molecule has 0 aromatic carbocycles. The number of hydrogen-bond donors (Lipinski definition) is 2. The van der Waals surface area contributed by atoms with Gasteiger partial charge in [-0.2, -0.15) is 0 Å². The zero-order valence-corrected chi connectivity index (χ0v) is 16.5. The van der Waals surface area contributed by atoms with Gasteiger partial charge in [0, 0.05) is 26.8 Å². The Labute approximate surface area is 152 Å². The summed E-state index contributed by atoms with van der Waals surface area (Å²) in [5, 5.41) is 12.2. The second-order valence-corrected chi connectivity index (χ2v) is 7.16. The highest BCUT2D eigenvalue weighted by molar-refractivity contribution is 5.73. The number of alkyl carbamates (subject to hydrolysis) is 1. The number of nitrogens with one attached hydrogen (secondary N) is 1. The molecule has 0 saturated carbocycles. The summed E-state index contributed by atoms with van der Waals surface area (Å²) in [7, 11) is 1.56. The van der Waals surface area contributed by atoms with E-state index in [1.165, 1.54) is 0 Å². The number of carbonyl (C=O) groups excluding carboxylic acids is 1. The van der Waals surface area contributed by atoms with Crippen molar-refractivity contribution in [1.29, 1.82) is 0 Å². The summed E-state index contributed by atoms with van der Waals surface area (Å²) in [6, 6.07) is -0.609. The van der Waals surface area contributed by atoms with Gasteiger partial charge in [0.2, 0.25) is 0 Å². The first-order valence-corrected chi connectivity index (χ1v) is 9.14. The average molecular weight is 360 g/mol. The van der Waals surface area contributed by atoms with E-state index in [2.05, 4.69) is 12.2 Å². The predicted octanol–water partition coefficient (Wildman–Crippen LogP) is 2.88. The normalized spacial score (nSPS) is 12.9. The van der Waals surface area contributed by atoms with E-state index in [4.69, 9.17) is 9.47 Å². The van der Waals surface area contributed by atoms with Crippen LogP contribution in [-0.4, -0.2) is 67.1 Å². The number of rotatable bonds is 13. The molecule has 1 amide bonds. The van der Waals surface area contributed by atoms with E-state index in [9.17, 15) is 14.7 Å². The van der Waals surface area contributed by atoms with Gasteiger partial charge < -0.3 is 19.9 Å². The number of ether oxygens (including phenoxy) is 2. The van der Waals surface area contributed by atoms with E-state index in [1.54, 1.807) is 27.9 Å². The zero-order valence-electron chi connectivity index (χ0n) is 16.5. The Morgan fingerprint density at radius 1 is 1.16 bits per heavy atom. The highest BCUT2D eigenvalue weighted by atomic mass is 16.6. The van der Waals surface area contributed by atoms with Crippen molar-refractivity contribution in [3.63, 3.8) is 0 Å². The number of carboxylic acids is 1. The Morgan fingerprint density at radius 3 is 2.36 bits per heavy atom. The monoisotopic (exact) mass is 360 g/mol. The molecule has 0 aliphatic carbocycles. The lowest BCUT2D eigenvalue weighted by atomic mass is 10.1. The fraction of sp³-hybridized carbons (Fsp3) is 0.889. The number of nitrogens with zero attached hydrogens (tertiary/aromatic N) is 1. The highest BCUT2D eigenvalue weighted by Gasteiger charge is 2.25. The van der Waals surface area contributed by atoms with Gasteiger partial charge in [-0.3, -0.25) is 9.69 Å². The lowest BCUT2D eigenvalue weighted by Gasteiger charge is -2.29. The van der Waals surface area contributed by atoms with Gasteiger partial charge in [-0.15, -0.1) is 0 Å². The molecule has 25 heavy (non-hydrogen) atoms. The maximum Gasteiger partial charge on any atom is 0.407 e. The summed E-state index contributed by atoms with van der Waals surface area (Å²) in [6.07, 6.45) is 4.22. The van der Waals surface area contributed by atoms with E-state index < -0.39 is 23.7 Å². The molecule has 0 fully saturated rings. The minimum absolute atomic E-state index is 0.347. The van der Waals surface area contributed by atoms with Crippen molar-refractivity contribution in [2.75, 3.05) is 33.4 Å². The molecular weight excluding hydrogens is 324 g/mol. The van der Waals surface area contributed by atoms with Crippen LogP contribution < -0.4 is 5.32 Å². The maximum atomic E-state index is 11.7. The fourth-order valence-electron chi connectivity index (χ4n) is 2.47. The number of hydrogen-bond acceptors (Lipinski definition) is 5. The van der Waals surface area contributed by atoms with Gasteiger partial charge >= 0.3 is 12.1 Å². The average Bonchev–Trinajstić information content (AvgIpc) is 2.49. The Morgan fingerprint density at radius 2 is 1.84 bits per heavy atom. The number of carbonyl (C=O) groups is 2. The largest absolute Gasteiger partial charge is 0.480 e. The SMILES string of the molecule is CCCCCCN(CCNC(=O)OC(C)(C)C)[C@@H](CCOC)C(=O)O. The molecule has 7 nitrogen and oxygen atoms in total. The smallest absolute Gasteiger partial charge is 0.407 e. The van der Waals surface area contributed by atoms with Crippen LogP contribution in [0.25, 0.3) is 0 Å². The third kappa shape index (κ3) is 12.6. The molecule has 0 heterocycles. The Bertz CT molecular complexity index is 382. The van der Waals surface area contributed by atoms with Gasteiger partial charge in [0.25, 0.3) is 0 Å². The van der Waals surface area contributed by atoms with Crippen molar-refractivity contribution >= 4 is 12.1 Å². The van der Waals surface area contributed by atoms with Crippen LogP contribution in [0.3, 0.4) is 0 Å². The minimum atomic E-state index is -0.857. The molecule has 0 radical (unpaired) electrons. The first-order chi connectivity index (χ1) is 11.7. The molecule has 0 aromatic rings. The van der Waals surface area contributed by atoms with Gasteiger partial charge in [-0.1, -0.05) is 26.2 Å². The number of carboxylic acid groups (broad SMARTS) is 1. The predicted molar refractivity (Wildman–Crippen MR) is 97.9 cm³/mol. The Kier molecular flexibility index (Phi) is 12.2. The maximum absolute atomic E-state index is 11.7. The molecule has 0 aliphatic heterocycles. The van der Waals surface area contributed by atoms with Crippen molar-refractivity contribution in [2.45, 2.75) is 71.4 Å². The van der Waals surface area contributed by atoms with Crippen LogP contribution in [0.15, 0.2) is 0 Å². The number of aliphatic carboxylic acids is 1. The summed E-state index contributed by atoms with van der Waals surface area (Å²) in [5.41, 5.74) is -0.550. The number of amides is 1. The summed E-state index contributed by atoms with van der Waals surface area (Å²) >= 11 is 0. The van der Waals surface area contributed by atoms with Crippen molar-refractivity contribution in [2.24, 2.45) is 0 Å². The lowest BCUT2D eigenvalue weighted by molar-refractivity contribution is -0.144. The lowest BCUT2D eigenvalue weighted by Crippen LogP contribution is -2.46. The molecule has 2 N–H and O–H groups in total. The van der Waals surface area contributed by atoms with E-state index in [0.29, 0.717) is 32.7 Å².